The number of carboxylic acids is 1. The van der Waals surface area contributed by atoms with Crippen molar-refractivity contribution in [1.29, 1.82) is 0 Å². The van der Waals surface area contributed by atoms with E-state index in [4.69, 9.17) is 5.11 Å². The molecular formula is C9H14FN3O3. The molecule has 2 heterocycles. The smallest absolute Gasteiger partial charge is 0.317 e. The lowest BCUT2D eigenvalue weighted by Gasteiger charge is -2.37. The largest absolute Gasteiger partial charge is 0.481 e. The van der Waals surface area contributed by atoms with Crippen LogP contribution in [0.5, 0.6) is 0 Å². The minimum absolute atomic E-state index is 0.0955. The number of carboxylic acid groups (broad SMARTS) is 1. The van der Waals surface area contributed by atoms with Crippen molar-refractivity contribution < 1.29 is 19.1 Å². The first-order chi connectivity index (χ1) is 7.61. The molecule has 0 aromatic rings. The maximum absolute atomic E-state index is 13.7. The van der Waals surface area contributed by atoms with E-state index in [0.717, 1.165) is 0 Å². The van der Waals surface area contributed by atoms with Crippen LogP contribution in [0.1, 0.15) is 0 Å². The number of nitrogens with zero attached hydrogens (tertiary/aromatic N) is 1. The summed E-state index contributed by atoms with van der Waals surface area (Å²) in [5.41, 5.74) is 0. The summed E-state index contributed by atoms with van der Waals surface area (Å²) in [6.45, 7) is 1.11. The first-order valence-electron chi connectivity index (χ1n) is 5.23. The first kappa shape index (κ1) is 11.1. The maximum Gasteiger partial charge on any atom is 0.317 e. The van der Waals surface area contributed by atoms with Crippen LogP contribution in [0, 0.1) is 5.92 Å². The van der Waals surface area contributed by atoms with Crippen molar-refractivity contribution in [3.8, 4) is 0 Å². The summed E-state index contributed by atoms with van der Waals surface area (Å²) in [6, 6.07) is -1.23. The highest BCUT2D eigenvalue weighted by Crippen LogP contribution is 2.22. The number of aliphatic carboxylic acids is 1. The van der Waals surface area contributed by atoms with Gasteiger partial charge < -0.3 is 20.6 Å². The Hall–Kier alpha value is -1.37. The van der Waals surface area contributed by atoms with Gasteiger partial charge >= 0.3 is 12.0 Å². The number of carbonyl (C=O) groups excluding carboxylic acids is 1. The molecule has 0 aliphatic carbocycles. The number of carbonyl (C=O) groups is 2. The maximum atomic E-state index is 13.7. The van der Waals surface area contributed by atoms with Crippen molar-refractivity contribution in [2.24, 2.45) is 5.92 Å². The van der Waals surface area contributed by atoms with E-state index in [2.05, 4.69) is 10.6 Å². The summed E-state index contributed by atoms with van der Waals surface area (Å²) in [7, 11) is 0. The van der Waals surface area contributed by atoms with Crippen LogP contribution in [0.15, 0.2) is 0 Å². The molecule has 0 radical (unpaired) electrons. The second-order valence-electron chi connectivity index (χ2n) is 4.03. The van der Waals surface area contributed by atoms with Crippen molar-refractivity contribution in [3.05, 3.63) is 0 Å². The highest BCUT2D eigenvalue weighted by molar-refractivity contribution is 5.78. The second kappa shape index (κ2) is 4.25. The Morgan fingerprint density at radius 1 is 1.50 bits per heavy atom. The molecule has 0 aromatic heterocycles. The van der Waals surface area contributed by atoms with Gasteiger partial charge in [0, 0.05) is 26.2 Å². The van der Waals surface area contributed by atoms with Crippen LogP contribution in [0.2, 0.25) is 0 Å². The number of halogens is 1. The van der Waals surface area contributed by atoms with E-state index < -0.39 is 24.1 Å². The van der Waals surface area contributed by atoms with Gasteiger partial charge in [0.1, 0.15) is 6.17 Å². The van der Waals surface area contributed by atoms with Crippen LogP contribution in [0.25, 0.3) is 0 Å². The number of nitrogens with one attached hydrogen (secondary N) is 2. The number of hydrogen-bond donors (Lipinski definition) is 3. The van der Waals surface area contributed by atoms with Gasteiger partial charge in [-0.3, -0.25) is 4.79 Å². The summed E-state index contributed by atoms with van der Waals surface area (Å²) >= 11 is 0. The van der Waals surface area contributed by atoms with Crippen molar-refractivity contribution >= 4 is 12.0 Å². The highest BCUT2D eigenvalue weighted by Gasteiger charge is 2.44. The van der Waals surface area contributed by atoms with Crippen LogP contribution in [-0.4, -0.2) is 60.4 Å². The molecule has 3 N–H and O–H groups in total. The van der Waals surface area contributed by atoms with Crippen LogP contribution in [0.3, 0.4) is 0 Å². The van der Waals surface area contributed by atoms with E-state index in [1.807, 2.05) is 0 Å². The van der Waals surface area contributed by atoms with Crippen LogP contribution < -0.4 is 10.6 Å². The predicted octanol–water partition coefficient (Wildman–Crippen LogP) is -0.978. The quantitative estimate of drug-likeness (QED) is 0.570. The monoisotopic (exact) mass is 231 g/mol. The molecule has 2 aliphatic rings. The average molecular weight is 231 g/mol. The van der Waals surface area contributed by atoms with Gasteiger partial charge in [-0.1, -0.05) is 0 Å². The number of piperidine rings is 1. The van der Waals surface area contributed by atoms with E-state index in [1.54, 1.807) is 0 Å². The Bertz CT molecular complexity index is 310. The number of rotatable bonds is 2. The second-order valence-corrected chi connectivity index (χ2v) is 4.03. The van der Waals surface area contributed by atoms with Crippen molar-refractivity contribution in [1.82, 2.24) is 15.5 Å². The van der Waals surface area contributed by atoms with Gasteiger partial charge in [-0.15, -0.1) is 0 Å². The third-order valence-corrected chi connectivity index (χ3v) is 3.05. The van der Waals surface area contributed by atoms with E-state index in [0.29, 0.717) is 13.1 Å². The Labute approximate surface area is 91.8 Å². The number of hydrogen-bond acceptors (Lipinski definition) is 3. The highest BCUT2D eigenvalue weighted by atomic mass is 19.1. The molecular weight excluding hydrogens is 217 g/mol. The Balaban J connectivity index is 2.18. The minimum Gasteiger partial charge on any atom is -0.481 e. The van der Waals surface area contributed by atoms with Gasteiger partial charge in [-0.25, -0.2) is 9.18 Å². The zero-order valence-electron chi connectivity index (χ0n) is 8.65. The first-order valence-corrected chi connectivity index (χ1v) is 5.23. The summed E-state index contributed by atoms with van der Waals surface area (Å²) in [5, 5.41) is 14.3. The number of urea groups is 1. The van der Waals surface area contributed by atoms with Crippen LogP contribution in [0.4, 0.5) is 9.18 Å². The minimum atomic E-state index is -1.33. The fourth-order valence-corrected chi connectivity index (χ4v) is 2.29. The lowest BCUT2D eigenvalue weighted by atomic mass is 9.91. The Morgan fingerprint density at radius 2 is 2.25 bits per heavy atom. The Morgan fingerprint density at radius 3 is 2.81 bits per heavy atom. The Kier molecular flexibility index (Phi) is 2.95. The zero-order valence-corrected chi connectivity index (χ0v) is 8.65. The number of alkyl halides is 1. The SMILES string of the molecule is O=C(O)C1CNCC(F)C1N1CCNC1=O. The third-order valence-electron chi connectivity index (χ3n) is 3.05. The molecule has 3 atom stereocenters. The van der Waals surface area contributed by atoms with Gasteiger partial charge in [0.15, 0.2) is 0 Å². The molecule has 2 fully saturated rings. The van der Waals surface area contributed by atoms with Crippen LogP contribution in [-0.2, 0) is 4.79 Å². The van der Waals surface area contributed by atoms with Gasteiger partial charge in [-0.05, 0) is 0 Å². The van der Waals surface area contributed by atoms with Gasteiger partial charge in [0.2, 0.25) is 0 Å². The third kappa shape index (κ3) is 1.82. The molecule has 2 rings (SSSR count). The summed E-state index contributed by atoms with van der Waals surface area (Å²) in [5.74, 6) is -1.95. The van der Waals surface area contributed by atoms with Crippen molar-refractivity contribution in [2.45, 2.75) is 12.2 Å². The topological polar surface area (TPSA) is 81.7 Å². The normalized spacial score (nSPS) is 34.9. The van der Waals surface area contributed by atoms with E-state index in [-0.39, 0.29) is 19.1 Å². The lowest BCUT2D eigenvalue weighted by molar-refractivity contribution is -0.145. The van der Waals surface area contributed by atoms with Gasteiger partial charge in [0.25, 0.3) is 0 Å². The molecule has 7 heteroatoms. The molecule has 0 aromatic carbocycles. The molecule has 0 bridgehead atoms. The fourth-order valence-electron chi connectivity index (χ4n) is 2.29. The molecule has 2 aliphatic heterocycles. The van der Waals surface area contributed by atoms with Gasteiger partial charge in [-0.2, -0.15) is 0 Å². The summed E-state index contributed by atoms with van der Waals surface area (Å²) in [4.78, 5) is 23.7. The molecule has 3 unspecified atom stereocenters. The van der Waals surface area contributed by atoms with Crippen molar-refractivity contribution in [2.75, 3.05) is 26.2 Å². The molecule has 0 spiro atoms. The molecule has 0 saturated carbocycles. The average Bonchev–Trinajstić information content (AvgIpc) is 2.64. The lowest BCUT2D eigenvalue weighted by Crippen LogP contribution is -2.59. The predicted molar refractivity (Wildman–Crippen MR) is 52.8 cm³/mol. The summed E-state index contributed by atoms with van der Waals surface area (Å²) in [6.07, 6.45) is -1.33. The van der Waals surface area contributed by atoms with Gasteiger partial charge in [0.05, 0.1) is 12.0 Å². The van der Waals surface area contributed by atoms with E-state index >= 15 is 0 Å². The van der Waals surface area contributed by atoms with Crippen LogP contribution >= 0.6 is 0 Å². The standard InChI is InChI=1S/C9H14FN3O3/c10-6-4-11-3-5(8(14)15)7(6)13-2-1-12-9(13)16/h5-7,11H,1-4H2,(H,12,16)(H,14,15). The molecule has 6 nitrogen and oxygen atoms in total. The van der Waals surface area contributed by atoms with Crippen molar-refractivity contribution in [3.63, 3.8) is 0 Å². The molecule has 90 valence electrons. The molecule has 2 saturated heterocycles. The zero-order chi connectivity index (χ0) is 11.7. The molecule has 2 amide bonds. The molecule has 16 heavy (non-hydrogen) atoms. The fraction of sp³-hybridized carbons (Fsp3) is 0.778. The van der Waals surface area contributed by atoms with E-state index in [9.17, 15) is 14.0 Å². The summed E-state index contributed by atoms with van der Waals surface area (Å²) < 4.78 is 13.7. The van der Waals surface area contributed by atoms with E-state index in [1.165, 1.54) is 4.90 Å². The number of amides is 2.